The van der Waals surface area contributed by atoms with E-state index in [-0.39, 0.29) is 0 Å². The molecule has 0 aliphatic carbocycles. The molecule has 0 spiro atoms. The monoisotopic (exact) mass is 234 g/mol. The molecule has 0 saturated carbocycles. The van der Waals surface area contributed by atoms with Gasteiger partial charge >= 0.3 is 0 Å². The van der Waals surface area contributed by atoms with E-state index in [1.54, 1.807) is 23.1 Å². The molecule has 0 aliphatic rings. The van der Waals surface area contributed by atoms with Crippen molar-refractivity contribution < 1.29 is 0 Å². The average Bonchev–Trinajstić information content (AvgIpc) is 2.76. The van der Waals surface area contributed by atoms with Crippen LogP contribution in [0.15, 0.2) is 34.7 Å². The van der Waals surface area contributed by atoms with E-state index in [1.165, 1.54) is 5.56 Å². The van der Waals surface area contributed by atoms with Gasteiger partial charge in [0.15, 0.2) is 4.34 Å². The number of nitrogens with zero attached hydrogens (tertiary/aromatic N) is 2. The second kappa shape index (κ2) is 5.09. The first kappa shape index (κ1) is 10.4. The van der Waals surface area contributed by atoms with E-state index in [0.717, 1.165) is 9.35 Å². The molecule has 0 amide bonds. The lowest BCUT2D eigenvalue weighted by atomic mass is 10.2. The predicted molar refractivity (Wildman–Crippen MR) is 67.1 cm³/mol. The van der Waals surface area contributed by atoms with Crippen molar-refractivity contribution in [1.82, 2.24) is 10.2 Å². The normalized spacial score (nSPS) is 11.0. The number of hydrogen-bond acceptors (Lipinski definition) is 4. The van der Waals surface area contributed by atoms with Crippen LogP contribution in [0.1, 0.15) is 10.6 Å². The largest absolute Gasteiger partial charge is 0.174 e. The van der Waals surface area contributed by atoms with Gasteiger partial charge in [-0.2, -0.15) is 0 Å². The van der Waals surface area contributed by atoms with Crippen LogP contribution in [0, 0.1) is 0 Å². The van der Waals surface area contributed by atoms with Crippen molar-refractivity contribution >= 4 is 35.3 Å². The quantitative estimate of drug-likeness (QED) is 0.761. The molecule has 2 nitrogen and oxygen atoms in total. The molecule has 15 heavy (non-hydrogen) atoms. The first-order valence-electron chi connectivity index (χ1n) is 4.49. The molecule has 0 bridgehead atoms. The van der Waals surface area contributed by atoms with Crippen molar-refractivity contribution in [3.05, 3.63) is 40.9 Å². The summed E-state index contributed by atoms with van der Waals surface area (Å²) in [5.74, 6) is 0. The second-order valence-electron chi connectivity index (χ2n) is 2.85. The van der Waals surface area contributed by atoms with Crippen LogP contribution in [-0.4, -0.2) is 16.5 Å². The lowest BCUT2D eigenvalue weighted by Gasteiger charge is -1.88. The maximum atomic E-state index is 4.06. The molecule has 1 heterocycles. The van der Waals surface area contributed by atoms with Gasteiger partial charge in [-0.3, -0.25) is 0 Å². The fraction of sp³-hybridized carbons (Fsp3) is 0.0909. The Morgan fingerprint density at radius 2 is 1.93 bits per heavy atom. The van der Waals surface area contributed by atoms with Crippen molar-refractivity contribution in [3.63, 3.8) is 0 Å². The summed E-state index contributed by atoms with van der Waals surface area (Å²) in [6.45, 7) is 0. The van der Waals surface area contributed by atoms with E-state index in [1.807, 2.05) is 36.6 Å². The molecule has 1 aromatic heterocycles. The summed E-state index contributed by atoms with van der Waals surface area (Å²) in [6, 6.07) is 10.2. The zero-order chi connectivity index (χ0) is 10.5. The molecule has 2 aromatic rings. The molecule has 0 N–H and O–H groups in total. The van der Waals surface area contributed by atoms with Crippen molar-refractivity contribution in [2.45, 2.75) is 4.34 Å². The smallest absolute Gasteiger partial charge is 0.138 e. The van der Waals surface area contributed by atoms with Crippen LogP contribution in [0.3, 0.4) is 0 Å². The SMILES string of the molecule is CSc1nnc(C=Cc2ccccc2)s1. The fourth-order valence-corrected chi connectivity index (χ4v) is 2.29. The Balaban J connectivity index is 2.11. The molecule has 2 rings (SSSR count). The minimum atomic E-state index is 0.947. The highest BCUT2D eigenvalue weighted by molar-refractivity contribution is 8.00. The van der Waals surface area contributed by atoms with E-state index in [4.69, 9.17) is 0 Å². The minimum absolute atomic E-state index is 0.947. The predicted octanol–water partition coefficient (Wildman–Crippen LogP) is 3.43. The third-order valence-electron chi connectivity index (χ3n) is 1.81. The van der Waals surface area contributed by atoms with Gasteiger partial charge in [0, 0.05) is 0 Å². The molecular weight excluding hydrogens is 224 g/mol. The van der Waals surface area contributed by atoms with Gasteiger partial charge in [-0.05, 0) is 17.9 Å². The molecule has 0 fully saturated rings. The van der Waals surface area contributed by atoms with Crippen LogP contribution in [0.5, 0.6) is 0 Å². The number of aromatic nitrogens is 2. The first-order chi connectivity index (χ1) is 7.38. The van der Waals surface area contributed by atoms with Crippen molar-refractivity contribution in [3.8, 4) is 0 Å². The highest BCUT2D eigenvalue weighted by Gasteiger charge is 1.98. The number of hydrogen-bond donors (Lipinski definition) is 0. The Morgan fingerprint density at radius 3 is 2.60 bits per heavy atom. The highest BCUT2D eigenvalue weighted by Crippen LogP contribution is 2.20. The van der Waals surface area contributed by atoms with Gasteiger partial charge in [0.1, 0.15) is 5.01 Å². The van der Waals surface area contributed by atoms with E-state index in [9.17, 15) is 0 Å². The third-order valence-corrected chi connectivity index (χ3v) is 3.68. The topological polar surface area (TPSA) is 25.8 Å². The average molecular weight is 234 g/mol. The Kier molecular flexibility index (Phi) is 3.53. The molecule has 0 radical (unpaired) electrons. The maximum absolute atomic E-state index is 4.06. The molecule has 76 valence electrons. The Bertz CT molecular complexity index is 449. The van der Waals surface area contributed by atoms with Crippen LogP contribution >= 0.6 is 23.1 Å². The Hall–Kier alpha value is -1.13. The van der Waals surface area contributed by atoms with E-state index in [0.29, 0.717) is 0 Å². The van der Waals surface area contributed by atoms with Gasteiger partial charge in [0.2, 0.25) is 0 Å². The van der Waals surface area contributed by atoms with Crippen molar-refractivity contribution in [2.75, 3.05) is 6.26 Å². The van der Waals surface area contributed by atoms with Crippen molar-refractivity contribution in [2.24, 2.45) is 0 Å². The third kappa shape index (κ3) is 2.91. The van der Waals surface area contributed by atoms with Gasteiger partial charge in [0.25, 0.3) is 0 Å². The summed E-state index contributed by atoms with van der Waals surface area (Å²) in [5, 5.41) is 9.04. The standard InChI is InChI=1S/C11H10N2S2/c1-14-11-13-12-10(15-11)8-7-9-5-3-2-4-6-9/h2-8H,1H3. The summed E-state index contributed by atoms with van der Waals surface area (Å²) < 4.78 is 1.00. The minimum Gasteiger partial charge on any atom is -0.138 e. The summed E-state index contributed by atoms with van der Waals surface area (Å²) in [5.41, 5.74) is 1.18. The van der Waals surface area contributed by atoms with E-state index >= 15 is 0 Å². The lowest BCUT2D eigenvalue weighted by molar-refractivity contribution is 1.01. The van der Waals surface area contributed by atoms with E-state index < -0.39 is 0 Å². The summed E-state index contributed by atoms with van der Waals surface area (Å²) in [4.78, 5) is 0. The summed E-state index contributed by atoms with van der Waals surface area (Å²) in [6.07, 6.45) is 6.04. The number of benzene rings is 1. The van der Waals surface area contributed by atoms with Gasteiger partial charge in [-0.1, -0.05) is 59.5 Å². The molecular formula is C11H10N2S2. The van der Waals surface area contributed by atoms with Crippen LogP contribution in [-0.2, 0) is 0 Å². The van der Waals surface area contributed by atoms with Gasteiger partial charge < -0.3 is 0 Å². The second-order valence-corrected chi connectivity index (χ2v) is 4.92. The number of thioether (sulfide) groups is 1. The zero-order valence-electron chi connectivity index (χ0n) is 8.25. The summed E-state index contributed by atoms with van der Waals surface area (Å²) in [7, 11) is 0. The van der Waals surface area contributed by atoms with Crippen LogP contribution in [0.2, 0.25) is 0 Å². The lowest BCUT2D eigenvalue weighted by Crippen LogP contribution is -1.71. The van der Waals surface area contributed by atoms with Crippen LogP contribution in [0.25, 0.3) is 12.2 Å². The molecule has 0 atom stereocenters. The molecule has 1 aromatic carbocycles. The van der Waals surface area contributed by atoms with Gasteiger partial charge in [-0.15, -0.1) is 10.2 Å². The maximum Gasteiger partial charge on any atom is 0.174 e. The number of rotatable bonds is 3. The zero-order valence-corrected chi connectivity index (χ0v) is 9.89. The molecule has 4 heteroatoms. The van der Waals surface area contributed by atoms with E-state index in [2.05, 4.69) is 22.3 Å². The van der Waals surface area contributed by atoms with Crippen LogP contribution < -0.4 is 0 Å². The summed E-state index contributed by atoms with van der Waals surface area (Å²) >= 11 is 3.23. The highest BCUT2D eigenvalue weighted by atomic mass is 32.2. The fourth-order valence-electron chi connectivity index (χ4n) is 1.10. The molecule has 0 saturated heterocycles. The van der Waals surface area contributed by atoms with Crippen LogP contribution in [0.4, 0.5) is 0 Å². The Labute approximate surface area is 97.1 Å². The first-order valence-corrected chi connectivity index (χ1v) is 6.53. The molecule has 0 unspecified atom stereocenters. The van der Waals surface area contributed by atoms with Gasteiger partial charge in [0.05, 0.1) is 0 Å². The van der Waals surface area contributed by atoms with Crippen molar-refractivity contribution in [1.29, 1.82) is 0 Å². The van der Waals surface area contributed by atoms with Gasteiger partial charge in [-0.25, -0.2) is 0 Å². The Morgan fingerprint density at radius 1 is 1.13 bits per heavy atom. The molecule has 0 aliphatic heterocycles.